The number of alkyl halides is 3. The number of anilines is 1. The number of hydrogen-bond donors (Lipinski definition) is 2. The van der Waals surface area contributed by atoms with Crippen molar-refractivity contribution in [2.75, 3.05) is 12.4 Å². The SMILES string of the molecule is COc1ccc(NC(=O)OC(C)(C)C)c(CC(N)C(F)(F)F)c1. The minimum absolute atomic E-state index is 0.194. The van der Waals surface area contributed by atoms with E-state index in [0.717, 1.165) is 0 Å². The quantitative estimate of drug-likeness (QED) is 0.884. The Morgan fingerprint density at radius 1 is 1.30 bits per heavy atom. The van der Waals surface area contributed by atoms with Gasteiger partial charge in [-0.15, -0.1) is 0 Å². The minimum Gasteiger partial charge on any atom is -0.497 e. The molecule has 0 fully saturated rings. The van der Waals surface area contributed by atoms with Crippen LogP contribution in [0.2, 0.25) is 0 Å². The Morgan fingerprint density at radius 3 is 2.39 bits per heavy atom. The third kappa shape index (κ3) is 6.35. The van der Waals surface area contributed by atoms with Gasteiger partial charge in [-0.25, -0.2) is 4.79 Å². The number of carbonyl (C=O) groups excluding carboxylic acids is 1. The standard InChI is InChI=1S/C15H21F3N2O3/c1-14(2,3)23-13(21)20-11-6-5-10(22-4)7-9(11)8-12(19)15(16,17)18/h5-7,12H,8,19H2,1-4H3,(H,20,21). The lowest BCUT2D eigenvalue weighted by Crippen LogP contribution is -2.39. The fourth-order valence-electron chi connectivity index (χ4n) is 1.75. The summed E-state index contributed by atoms with van der Waals surface area (Å²) in [4.78, 5) is 11.8. The van der Waals surface area contributed by atoms with Crippen LogP contribution in [0, 0.1) is 0 Å². The molecule has 0 aliphatic rings. The molecule has 0 bridgehead atoms. The van der Waals surface area contributed by atoms with Gasteiger partial charge in [0.25, 0.3) is 0 Å². The molecule has 23 heavy (non-hydrogen) atoms. The first kappa shape index (κ1) is 19.1. The molecule has 1 atom stereocenters. The lowest BCUT2D eigenvalue weighted by Gasteiger charge is -2.22. The van der Waals surface area contributed by atoms with E-state index in [4.69, 9.17) is 15.2 Å². The maximum Gasteiger partial charge on any atom is 0.412 e. The van der Waals surface area contributed by atoms with Crippen LogP contribution in [0.15, 0.2) is 18.2 Å². The first-order valence-electron chi connectivity index (χ1n) is 6.91. The van der Waals surface area contributed by atoms with Crippen LogP contribution in [0.4, 0.5) is 23.7 Å². The van der Waals surface area contributed by atoms with E-state index in [9.17, 15) is 18.0 Å². The number of nitrogens with two attached hydrogens (primary N) is 1. The zero-order valence-corrected chi connectivity index (χ0v) is 13.5. The van der Waals surface area contributed by atoms with Gasteiger partial charge in [0.15, 0.2) is 0 Å². The Labute approximate surface area is 132 Å². The van der Waals surface area contributed by atoms with Gasteiger partial charge in [-0.3, -0.25) is 5.32 Å². The molecule has 3 N–H and O–H groups in total. The minimum atomic E-state index is -4.54. The number of halogens is 3. The van der Waals surface area contributed by atoms with Crippen molar-refractivity contribution in [1.82, 2.24) is 0 Å². The number of rotatable bonds is 4. The average Bonchev–Trinajstić information content (AvgIpc) is 2.37. The summed E-state index contributed by atoms with van der Waals surface area (Å²) in [7, 11) is 1.39. The molecule has 130 valence electrons. The molecule has 1 aromatic carbocycles. The lowest BCUT2D eigenvalue weighted by molar-refractivity contribution is -0.147. The molecule has 0 heterocycles. The van der Waals surface area contributed by atoms with Crippen molar-refractivity contribution in [1.29, 1.82) is 0 Å². The van der Waals surface area contributed by atoms with Crippen LogP contribution in [0.3, 0.4) is 0 Å². The molecule has 0 radical (unpaired) electrons. The molecule has 0 aliphatic heterocycles. The third-order valence-corrected chi connectivity index (χ3v) is 2.81. The van der Waals surface area contributed by atoms with Gasteiger partial charge in [0.1, 0.15) is 17.4 Å². The van der Waals surface area contributed by atoms with E-state index in [1.165, 1.54) is 25.3 Å². The molecule has 5 nitrogen and oxygen atoms in total. The molecule has 0 aliphatic carbocycles. The highest BCUT2D eigenvalue weighted by atomic mass is 19.4. The van der Waals surface area contributed by atoms with Crippen molar-refractivity contribution in [3.63, 3.8) is 0 Å². The number of nitrogens with one attached hydrogen (secondary N) is 1. The van der Waals surface area contributed by atoms with E-state index in [1.54, 1.807) is 20.8 Å². The van der Waals surface area contributed by atoms with Crippen molar-refractivity contribution >= 4 is 11.8 Å². The second-order valence-electron chi connectivity index (χ2n) is 6.00. The first-order chi connectivity index (χ1) is 10.4. The number of benzene rings is 1. The van der Waals surface area contributed by atoms with E-state index in [0.29, 0.717) is 5.75 Å². The largest absolute Gasteiger partial charge is 0.497 e. The predicted octanol–water partition coefficient (Wildman–Crippen LogP) is 3.47. The van der Waals surface area contributed by atoms with Crippen LogP contribution in [-0.4, -0.2) is 31.0 Å². The molecule has 0 aromatic heterocycles. The molecule has 0 saturated heterocycles. The van der Waals surface area contributed by atoms with Crippen molar-refractivity contribution in [2.24, 2.45) is 5.73 Å². The molecule has 1 unspecified atom stereocenters. The number of carbonyl (C=O) groups is 1. The van der Waals surface area contributed by atoms with Gasteiger partial charge in [-0.05, 0) is 51.0 Å². The Balaban J connectivity index is 3.00. The van der Waals surface area contributed by atoms with Crippen molar-refractivity contribution in [3.05, 3.63) is 23.8 Å². The van der Waals surface area contributed by atoms with E-state index in [-0.39, 0.29) is 11.3 Å². The summed E-state index contributed by atoms with van der Waals surface area (Å²) in [6, 6.07) is 2.32. The fraction of sp³-hybridized carbons (Fsp3) is 0.533. The van der Waals surface area contributed by atoms with Gasteiger partial charge >= 0.3 is 12.3 Å². The van der Waals surface area contributed by atoms with Crippen LogP contribution in [0.5, 0.6) is 5.75 Å². The van der Waals surface area contributed by atoms with Gasteiger partial charge < -0.3 is 15.2 Å². The van der Waals surface area contributed by atoms with Crippen LogP contribution in [0.1, 0.15) is 26.3 Å². The van der Waals surface area contributed by atoms with E-state index in [2.05, 4.69) is 5.32 Å². The molecular weight excluding hydrogens is 313 g/mol. The Morgan fingerprint density at radius 2 is 1.91 bits per heavy atom. The average molecular weight is 334 g/mol. The summed E-state index contributed by atoms with van der Waals surface area (Å²) in [6.07, 6.45) is -5.79. The molecule has 1 amide bonds. The number of hydrogen-bond acceptors (Lipinski definition) is 4. The highest BCUT2D eigenvalue weighted by Crippen LogP contribution is 2.28. The zero-order chi connectivity index (χ0) is 17.8. The highest BCUT2D eigenvalue weighted by Gasteiger charge is 2.37. The van der Waals surface area contributed by atoms with Crippen molar-refractivity contribution < 1.29 is 27.4 Å². The van der Waals surface area contributed by atoms with E-state index >= 15 is 0 Å². The summed E-state index contributed by atoms with van der Waals surface area (Å²) in [5.41, 5.74) is 4.85. The van der Waals surface area contributed by atoms with Gasteiger partial charge in [0.05, 0.1) is 7.11 Å². The first-order valence-corrected chi connectivity index (χ1v) is 6.91. The van der Waals surface area contributed by atoms with Gasteiger partial charge in [0.2, 0.25) is 0 Å². The summed E-state index contributed by atoms with van der Waals surface area (Å²) in [5, 5.41) is 2.44. The summed E-state index contributed by atoms with van der Waals surface area (Å²) < 4.78 is 48.1. The van der Waals surface area contributed by atoms with Gasteiger partial charge in [-0.1, -0.05) is 0 Å². The Bertz CT molecular complexity index is 554. The van der Waals surface area contributed by atoms with Crippen LogP contribution in [0.25, 0.3) is 0 Å². The normalized spacial score (nSPS) is 13.4. The summed E-state index contributed by atoms with van der Waals surface area (Å²) in [5.74, 6) is 0.365. The second-order valence-corrected chi connectivity index (χ2v) is 6.00. The number of ether oxygens (including phenoxy) is 2. The van der Waals surface area contributed by atoms with Crippen molar-refractivity contribution in [3.8, 4) is 5.75 Å². The topological polar surface area (TPSA) is 73.6 Å². The monoisotopic (exact) mass is 334 g/mol. The molecule has 8 heteroatoms. The van der Waals surface area contributed by atoms with Gasteiger partial charge in [-0.2, -0.15) is 13.2 Å². The second kappa shape index (κ2) is 7.08. The summed E-state index contributed by atoms with van der Waals surface area (Å²) >= 11 is 0. The maximum atomic E-state index is 12.7. The third-order valence-electron chi connectivity index (χ3n) is 2.81. The number of amides is 1. The molecule has 1 aromatic rings. The van der Waals surface area contributed by atoms with Crippen LogP contribution >= 0.6 is 0 Å². The maximum absolute atomic E-state index is 12.7. The molecule has 1 rings (SSSR count). The van der Waals surface area contributed by atoms with E-state index < -0.39 is 30.3 Å². The predicted molar refractivity (Wildman–Crippen MR) is 80.6 cm³/mol. The molecule has 0 saturated carbocycles. The highest BCUT2D eigenvalue weighted by molar-refractivity contribution is 5.86. The Hall–Kier alpha value is -1.96. The van der Waals surface area contributed by atoms with Gasteiger partial charge in [0, 0.05) is 5.69 Å². The summed E-state index contributed by atoms with van der Waals surface area (Å²) in [6.45, 7) is 5.04. The molecular formula is C15H21F3N2O3. The van der Waals surface area contributed by atoms with E-state index in [1.807, 2.05) is 0 Å². The lowest BCUT2D eigenvalue weighted by atomic mass is 10.0. The smallest absolute Gasteiger partial charge is 0.412 e. The Kier molecular flexibility index (Phi) is 5.87. The molecule has 0 spiro atoms. The van der Waals surface area contributed by atoms with Crippen LogP contribution in [-0.2, 0) is 11.2 Å². The fourth-order valence-corrected chi connectivity index (χ4v) is 1.75. The van der Waals surface area contributed by atoms with Crippen molar-refractivity contribution in [2.45, 2.75) is 45.0 Å². The number of methoxy groups -OCH3 is 1. The zero-order valence-electron chi connectivity index (χ0n) is 13.5. The van der Waals surface area contributed by atoms with Crippen LogP contribution < -0.4 is 15.8 Å².